The Hall–Kier alpha value is -2.84. The fraction of sp³-hybridized carbons (Fsp3) is 0.389. The first kappa shape index (κ1) is 20.5. The predicted octanol–water partition coefficient (Wildman–Crippen LogP) is 1.33. The van der Waals surface area contributed by atoms with Crippen LogP contribution in [0.1, 0.15) is 19.4 Å². The number of likely N-dealkylation sites (tertiary alicyclic amines) is 1. The van der Waals surface area contributed by atoms with E-state index in [0.717, 1.165) is 24.0 Å². The molecule has 0 aliphatic carbocycles. The molecule has 0 saturated carbocycles. The van der Waals surface area contributed by atoms with Gasteiger partial charge in [-0.2, -0.15) is 0 Å². The largest absolute Gasteiger partial charge is 0.343 e. The number of hydrogen-bond acceptors (Lipinski definition) is 3. The first-order valence-corrected chi connectivity index (χ1v) is 8.15. The summed E-state index contributed by atoms with van der Waals surface area (Å²) in [6.07, 6.45) is 0.904. The number of carbonyl (C=O) groups is 3. The van der Waals surface area contributed by atoms with Crippen molar-refractivity contribution in [3.63, 3.8) is 0 Å². The van der Waals surface area contributed by atoms with Crippen LogP contribution < -0.4 is 10.6 Å². The van der Waals surface area contributed by atoms with Gasteiger partial charge in [0, 0.05) is 19.0 Å². The topological polar surface area (TPSA) is 78.5 Å². The fourth-order valence-corrected chi connectivity index (χ4v) is 3.00. The van der Waals surface area contributed by atoms with Gasteiger partial charge in [-0.25, -0.2) is 13.2 Å². The van der Waals surface area contributed by atoms with E-state index in [4.69, 9.17) is 0 Å². The lowest BCUT2D eigenvalue weighted by atomic mass is 9.89. The number of hydrogen-bond donors (Lipinski definition) is 2. The standard InChI is InChI=1S/C18H20F3N3O3/c1-4-15(26)24-9-14(18(20,21)10-24)22-16(27)17(3,23-11(2)25)12-7-5-6-8-13(12)19/h4-8,14H,1,9-10H2,2-3H3,(H,22,27)(H,23,25)/t14?,17-/m1/s1. The molecule has 146 valence electrons. The monoisotopic (exact) mass is 383 g/mol. The van der Waals surface area contributed by atoms with Gasteiger partial charge in [0.15, 0.2) is 0 Å². The Morgan fingerprint density at radius 3 is 2.52 bits per heavy atom. The smallest absolute Gasteiger partial charge is 0.286 e. The summed E-state index contributed by atoms with van der Waals surface area (Å²) in [6, 6.07) is 3.55. The van der Waals surface area contributed by atoms with Crippen LogP contribution in [0.4, 0.5) is 13.2 Å². The van der Waals surface area contributed by atoms with E-state index >= 15 is 0 Å². The molecule has 2 rings (SSSR count). The van der Waals surface area contributed by atoms with Crippen molar-refractivity contribution in [3.8, 4) is 0 Å². The summed E-state index contributed by atoms with van der Waals surface area (Å²) in [7, 11) is 0. The van der Waals surface area contributed by atoms with Crippen molar-refractivity contribution in [3.05, 3.63) is 48.3 Å². The predicted molar refractivity (Wildman–Crippen MR) is 91.2 cm³/mol. The van der Waals surface area contributed by atoms with E-state index < -0.39 is 54.1 Å². The van der Waals surface area contributed by atoms with Crippen LogP contribution in [0.25, 0.3) is 0 Å². The molecule has 2 atom stereocenters. The van der Waals surface area contributed by atoms with E-state index in [-0.39, 0.29) is 5.56 Å². The lowest BCUT2D eigenvalue weighted by molar-refractivity contribution is -0.135. The quantitative estimate of drug-likeness (QED) is 0.753. The molecule has 0 aromatic heterocycles. The van der Waals surface area contributed by atoms with Crippen molar-refractivity contribution >= 4 is 17.7 Å². The normalized spacial score (nSPS) is 20.5. The summed E-state index contributed by atoms with van der Waals surface area (Å²) in [4.78, 5) is 36.8. The van der Waals surface area contributed by atoms with E-state index in [1.165, 1.54) is 25.1 Å². The molecule has 1 aromatic carbocycles. The van der Waals surface area contributed by atoms with E-state index in [0.29, 0.717) is 0 Å². The average molecular weight is 383 g/mol. The Labute approximate surface area is 154 Å². The summed E-state index contributed by atoms with van der Waals surface area (Å²) in [5, 5.41) is 4.48. The van der Waals surface area contributed by atoms with Gasteiger partial charge in [0.05, 0.1) is 6.54 Å². The molecule has 1 saturated heterocycles. The van der Waals surface area contributed by atoms with E-state index in [2.05, 4.69) is 17.2 Å². The van der Waals surface area contributed by atoms with Crippen LogP contribution in [0.5, 0.6) is 0 Å². The van der Waals surface area contributed by atoms with Crippen molar-refractivity contribution in [1.82, 2.24) is 15.5 Å². The molecular formula is C18H20F3N3O3. The minimum Gasteiger partial charge on any atom is -0.343 e. The molecule has 2 N–H and O–H groups in total. The van der Waals surface area contributed by atoms with E-state index in [9.17, 15) is 27.6 Å². The average Bonchev–Trinajstić information content (AvgIpc) is 2.88. The van der Waals surface area contributed by atoms with E-state index in [1.54, 1.807) is 0 Å². The number of alkyl halides is 2. The van der Waals surface area contributed by atoms with Crippen LogP contribution >= 0.6 is 0 Å². The van der Waals surface area contributed by atoms with Crippen LogP contribution in [0, 0.1) is 5.82 Å². The van der Waals surface area contributed by atoms with Crippen molar-refractivity contribution in [1.29, 1.82) is 0 Å². The minimum absolute atomic E-state index is 0.168. The highest BCUT2D eigenvalue weighted by Gasteiger charge is 2.51. The fourth-order valence-electron chi connectivity index (χ4n) is 3.00. The maximum absolute atomic E-state index is 14.2. The first-order valence-electron chi connectivity index (χ1n) is 8.15. The van der Waals surface area contributed by atoms with Crippen molar-refractivity contribution in [2.24, 2.45) is 0 Å². The van der Waals surface area contributed by atoms with Gasteiger partial charge in [0.1, 0.15) is 17.4 Å². The van der Waals surface area contributed by atoms with E-state index in [1.807, 2.05) is 0 Å². The molecule has 9 heteroatoms. The van der Waals surface area contributed by atoms with Crippen LogP contribution in [0.2, 0.25) is 0 Å². The Kier molecular flexibility index (Phi) is 5.62. The van der Waals surface area contributed by atoms with Gasteiger partial charge in [0.25, 0.3) is 11.8 Å². The Morgan fingerprint density at radius 1 is 1.33 bits per heavy atom. The van der Waals surface area contributed by atoms with Crippen LogP contribution in [0.15, 0.2) is 36.9 Å². The van der Waals surface area contributed by atoms with Gasteiger partial charge < -0.3 is 15.5 Å². The number of amides is 3. The molecule has 0 bridgehead atoms. The molecule has 6 nitrogen and oxygen atoms in total. The van der Waals surface area contributed by atoms with Gasteiger partial charge >= 0.3 is 0 Å². The Balaban J connectivity index is 2.32. The van der Waals surface area contributed by atoms with Crippen LogP contribution in [-0.4, -0.2) is 47.7 Å². The molecule has 3 amide bonds. The zero-order valence-electron chi connectivity index (χ0n) is 14.9. The van der Waals surface area contributed by atoms with Crippen molar-refractivity contribution < 1.29 is 27.6 Å². The second-order valence-electron chi connectivity index (χ2n) is 6.50. The highest BCUT2D eigenvalue weighted by Crippen LogP contribution is 2.30. The van der Waals surface area contributed by atoms with Gasteiger partial charge in [-0.15, -0.1) is 0 Å². The summed E-state index contributed by atoms with van der Waals surface area (Å²) in [6.45, 7) is 4.29. The number of carbonyl (C=O) groups excluding carboxylic acids is 3. The first-order chi connectivity index (χ1) is 12.5. The molecule has 27 heavy (non-hydrogen) atoms. The lowest BCUT2D eigenvalue weighted by Crippen LogP contribution is -2.59. The van der Waals surface area contributed by atoms with Crippen molar-refractivity contribution in [2.45, 2.75) is 31.4 Å². The third-order valence-electron chi connectivity index (χ3n) is 4.40. The molecule has 1 aromatic rings. The Bertz CT molecular complexity index is 784. The van der Waals surface area contributed by atoms with Crippen molar-refractivity contribution in [2.75, 3.05) is 13.1 Å². The zero-order chi connectivity index (χ0) is 20.4. The number of nitrogens with zero attached hydrogens (tertiary/aromatic N) is 1. The van der Waals surface area contributed by atoms with Gasteiger partial charge in [-0.05, 0) is 19.1 Å². The SMILES string of the molecule is C=CC(=O)N1CC(NC(=O)[C@](C)(NC(C)=O)c2ccccc2F)C(F)(F)C1. The molecule has 1 aliphatic rings. The number of halogens is 3. The van der Waals surface area contributed by atoms with Crippen LogP contribution in [-0.2, 0) is 19.9 Å². The summed E-state index contributed by atoms with van der Waals surface area (Å²) in [5.41, 5.74) is -2.08. The van der Waals surface area contributed by atoms with Gasteiger partial charge in [0.2, 0.25) is 11.8 Å². The second-order valence-corrected chi connectivity index (χ2v) is 6.50. The minimum atomic E-state index is -3.39. The maximum atomic E-state index is 14.2. The zero-order valence-corrected chi connectivity index (χ0v) is 14.9. The summed E-state index contributed by atoms with van der Waals surface area (Å²) < 4.78 is 42.7. The molecule has 0 spiro atoms. The number of benzene rings is 1. The Morgan fingerprint density at radius 2 is 1.96 bits per heavy atom. The molecule has 0 radical (unpaired) electrons. The third-order valence-corrected chi connectivity index (χ3v) is 4.40. The van der Waals surface area contributed by atoms with Gasteiger partial charge in [-0.3, -0.25) is 14.4 Å². The highest BCUT2D eigenvalue weighted by atomic mass is 19.3. The number of nitrogens with one attached hydrogen (secondary N) is 2. The number of rotatable bonds is 5. The highest BCUT2D eigenvalue weighted by molar-refractivity contribution is 5.92. The van der Waals surface area contributed by atoms with Crippen LogP contribution in [0.3, 0.4) is 0 Å². The summed E-state index contributed by atoms with van der Waals surface area (Å²) >= 11 is 0. The third kappa shape index (κ3) is 4.12. The second kappa shape index (κ2) is 7.42. The molecule has 1 aliphatic heterocycles. The summed E-state index contributed by atoms with van der Waals surface area (Å²) in [5.74, 6) is -6.51. The maximum Gasteiger partial charge on any atom is 0.286 e. The molecule has 1 heterocycles. The molecule has 1 fully saturated rings. The molecule has 1 unspecified atom stereocenters. The van der Waals surface area contributed by atoms with Gasteiger partial charge in [-0.1, -0.05) is 24.8 Å². The lowest BCUT2D eigenvalue weighted by Gasteiger charge is -2.32. The molecular weight excluding hydrogens is 363 g/mol.